The molecule has 1 aromatic heterocycles. The third kappa shape index (κ3) is 5.47. The van der Waals surface area contributed by atoms with Crippen LogP contribution in [-0.4, -0.2) is 53.6 Å². The van der Waals surface area contributed by atoms with E-state index in [1.54, 1.807) is 0 Å². The van der Waals surface area contributed by atoms with Gasteiger partial charge in [-0.1, -0.05) is 29.8 Å². The van der Waals surface area contributed by atoms with Crippen LogP contribution in [0.15, 0.2) is 41.2 Å². The molecule has 3 aliphatic heterocycles. The molecule has 5 rings (SSSR count). The molecule has 2 atom stereocenters. The fourth-order valence-electron chi connectivity index (χ4n) is 5.20. The summed E-state index contributed by atoms with van der Waals surface area (Å²) in [7, 11) is 0. The van der Waals surface area contributed by atoms with E-state index in [0.717, 1.165) is 69.5 Å². The van der Waals surface area contributed by atoms with Crippen LogP contribution >= 0.6 is 36.4 Å². The Labute approximate surface area is 201 Å². The lowest BCUT2D eigenvalue weighted by Crippen LogP contribution is -2.47. The number of fused-ring (bicyclic) bond motifs is 4. The second-order valence-electron chi connectivity index (χ2n) is 8.84. The molecule has 0 unspecified atom stereocenters. The molecule has 1 N–H and O–H groups in total. The van der Waals surface area contributed by atoms with Gasteiger partial charge >= 0.3 is 0 Å². The van der Waals surface area contributed by atoms with Crippen molar-refractivity contribution in [2.75, 3.05) is 39.3 Å². The van der Waals surface area contributed by atoms with Gasteiger partial charge in [0.1, 0.15) is 0 Å². The van der Waals surface area contributed by atoms with Crippen molar-refractivity contribution in [3.05, 3.63) is 68.6 Å². The zero-order valence-corrected chi connectivity index (χ0v) is 20.0. The SMILES string of the molecule is Cl.Cl.O=c1c(CN2CCN(Cc3cccc(Cl)c3)CC2)ccc2n1C[C@@H]1CNC[C@H]2C1. The number of hydrogen-bond acceptors (Lipinski definition) is 4. The quantitative estimate of drug-likeness (QED) is 0.721. The highest BCUT2D eigenvalue weighted by Crippen LogP contribution is 2.31. The predicted molar refractivity (Wildman–Crippen MR) is 131 cm³/mol. The van der Waals surface area contributed by atoms with E-state index in [4.69, 9.17) is 11.6 Å². The second-order valence-corrected chi connectivity index (χ2v) is 9.27. The van der Waals surface area contributed by atoms with E-state index in [-0.39, 0.29) is 30.4 Å². The van der Waals surface area contributed by atoms with Crippen LogP contribution in [0.25, 0.3) is 0 Å². The first kappa shape index (κ1) is 24.6. The highest BCUT2D eigenvalue weighted by molar-refractivity contribution is 6.30. The van der Waals surface area contributed by atoms with E-state index >= 15 is 0 Å². The van der Waals surface area contributed by atoms with Gasteiger partial charge in [0.15, 0.2) is 0 Å². The molecule has 5 nitrogen and oxygen atoms in total. The molecule has 2 fully saturated rings. The normalized spacial score (nSPS) is 23.4. The van der Waals surface area contributed by atoms with Crippen molar-refractivity contribution < 1.29 is 0 Å². The zero-order valence-electron chi connectivity index (χ0n) is 17.6. The Morgan fingerprint density at radius 2 is 1.71 bits per heavy atom. The molecule has 2 bridgehead atoms. The lowest BCUT2D eigenvalue weighted by atomic mass is 9.84. The Kier molecular flexibility index (Phi) is 8.47. The average Bonchev–Trinajstić information content (AvgIpc) is 2.72. The molecule has 2 aromatic rings. The summed E-state index contributed by atoms with van der Waals surface area (Å²) in [6.45, 7) is 8.66. The molecular formula is C23H31Cl3N4O. The molecule has 170 valence electrons. The van der Waals surface area contributed by atoms with Gasteiger partial charge in [0.05, 0.1) is 0 Å². The number of piperazine rings is 1. The molecular weight excluding hydrogens is 455 g/mol. The highest BCUT2D eigenvalue weighted by Gasteiger charge is 2.31. The standard InChI is InChI=1S/C23H29ClN4O.2ClH/c24-21-3-1-2-17(11-21)14-26-6-8-27(9-7-26)16-19-4-5-22-20-10-18(12-25-13-20)15-28(22)23(19)29;;/h1-5,11,18,20,25H,6-10,12-16H2;2*1H/t18-,20+;;/m0../s1. The van der Waals surface area contributed by atoms with Crippen molar-refractivity contribution in [1.82, 2.24) is 19.7 Å². The van der Waals surface area contributed by atoms with Crippen LogP contribution in [0.2, 0.25) is 5.02 Å². The minimum absolute atomic E-state index is 0. The number of benzene rings is 1. The summed E-state index contributed by atoms with van der Waals surface area (Å²) >= 11 is 6.11. The lowest BCUT2D eigenvalue weighted by Gasteiger charge is -2.38. The molecule has 0 amide bonds. The summed E-state index contributed by atoms with van der Waals surface area (Å²) in [6.07, 6.45) is 1.22. The van der Waals surface area contributed by atoms with Crippen LogP contribution in [0, 0.1) is 5.92 Å². The first-order valence-electron chi connectivity index (χ1n) is 10.8. The molecule has 3 aliphatic rings. The third-order valence-electron chi connectivity index (χ3n) is 6.74. The molecule has 4 heterocycles. The number of rotatable bonds is 4. The Balaban J connectivity index is 0.00000136. The smallest absolute Gasteiger partial charge is 0.255 e. The number of nitrogens with zero attached hydrogens (tertiary/aromatic N) is 3. The van der Waals surface area contributed by atoms with Crippen molar-refractivity contribution in [2.45, 2.75) is 32.0 Å². The van der Waals surface area contributed by atoms with E-state index in [2.05, 4.69) is 37.9 Å². The summed E-state index contributed by atoms with van der Waals surface area (Å²) < 4.78 is 2.07. The van der Waals surface area contributed by atoms with Crippen molar-refractivity contribution in [3.8, 4) is 0 Å². The van der Waals surface area contributed by atoms with Crippen molar-refractivity contribution >= 4 is 36.4 Å². The van der Waals surface area contributed by atoms with E-state index in [0.29, 0.717) is 11.8 Å². The van der Waals surface area contributed by atoms with Crippen LogP contribution in [-0.2, 0) is 19.6 Å². The molecule has 0 spiro atoms. The van der Waals surface area contributed by atoms with Crippen LogP contribution < -0.4 is 10.9 Å². The molecule has 8 heteroatoms. The maximum absolute atomic E-state index is 13.1. The van der Waals surface area contributed by atoms with Gasteiger partial charge in [-0.15, -0.1) is 24.8 Å². The van der Waals surface area contributed by atoms with Gasteiger partial charge in [-0.3, -0.25) is 14.6 Å². The van der Waals surface area contributed by atoms with Crippen LogP contribution in [0.1, 0.15) is 29.2 Å². The first-order chi connectivity index (χ1) is 14.2. The summed E-state index contributed by atoms with van der Waals surface area (Å²) in [6, 6.07) is 12.4. The van der Waals surface area contributed by atoms with Crippen molar-refractivity contribution in [3.63, 3.8) is 0 Å². The first-order valence-corrected chi connectivity index (χ1v) is 11.2. The Hall–Kier alpha value is -1.08. The topological polar surface area (TPSA) is 40.5 Å². The van der Waals surface area contributed by atoms with E-state index < -0.39 is 0 Å². The largest absolute Gasteiger partial charge is 0.316 e. The minimum atomic E-state index is 0. The van der Waals surface area contributed by atoms with Crippen LogP contribution in [0.4, 0.5) is 0 Å². The Morgan fingerprint density at radius 1 is 0.968 bits per heavy atom. The monoisotopic (exact) mass is 484 g/mol. The molecule has 0 saturated carbocycles. The highest BCUT2D eigenvalue weighted by atomic mass is 35.5. The van der Waals surface area contributed by atoms with Crippen LogP contribution in [0.5, 0.6) is 0 Å². The number of aromatic nitrogens is 1. The van der Waals surface area contributed by atoms with E-state index in [1.165, 1.54) is 17.7 Å². The number of nitrogens with one attached hydrogen (secondary N) is 1. The average molecular weight is 486 g/mol. The van der Waals surface area contributed by atoms with Gasteiger partial charge < -0.3 is 9.88 Å². The minimum Gasteiger partial charge on any atom is -0.316 e. The van der Waals surface area contributed by atoms with Crippen molar-refractivity contribution in [2.24, 2.45) is 5.92 Å². The Morgan fingerprint density at radius 3 is 2.45 bits per heavy atom. The molecule has 1 aromatic carbocycles. The number of halogens is 3. The van der Waals surface area contributed by atoms with E-state index in [9.17, 15) is 4.79 Å². The molecule has 0 radical (unpaired) electrons. The molecule has 31 heavy (non-hydrogen) atoms. The maximum atomic E-state index is 13.1. The van der Waals surface area contributed by atoms with Gasteiger partial charge in [-0.05, 0) is 42.6 Å². The lowest BCUT2D eigenvalue weighted by molar-refractivity contribution is 0.121. The molecule has 2 saturated heterocycles. The van der Waals surface area contributed by atoms with Gasteiger partial charge in [-0.2, -0.15) is 0 Å². The maximum Gasteiger partial charge on any atom is 0.255 e. The molecule has 0 aliphatic carbocycles. The summed E-state index contributed by atoms with van der Waals surface area (Å²) in [5.41, 5.74) is 3.68. The Bertz CT molecular complexity index is 943. The van der Waals surface area contributed by atoms with Gasteiger partial charge in [0, 0.05) is 74.6 Å². The van der Waals surface area contributed by atoms with Gasteiger partial charge in [-0.25, -0.2) is 0 Å². The predicted octanol–water partition coefficient (Wildman–Crippen LogP) is 3.37. The fraction of sp³-hybridized carbons (Fsp3) is 0.522. The number of hydrogen-bond donors (Lipinski definition) is 1. The van der Waals surface area contributed by atoms with Crippen molar-refractivity contribution in [1.29, 1.82) is 0 Å². The van der Waals surface area contributed by atoms with Crippen LogP contribution in [0.3, 0.4) is 0 Å². The number of piperidine rings is 1. The second kappa shape index (κ2) is 10.7. The third-order valence-corrected chi connectivity index (χ3v) is 6.98. The van der Waals surface area contributed by atoms with E-state index in [1.807, 2.05) is 18.2 Å². The fourth-order valence-corrected chi connectivity index (χ4v) is 5.41. The summed E-state index contributed by atoms with van der Waals surface area (Å²) in [4.78, 5) is 18.0. The summed E-state index contributed by atoms with van der Waals surface area (Å²) in [5.74, 6) is 1.10. The summed E-state index contributed by atoms with van der Waals surface area (Å²) in [5, 5.41) is 4.32. The number of pyridine rings is 1. The van der Waals surface area contributed by atoms with Gasteiger partial charge in [0.25, 0.3) is 5.56 Å². The zero-order chi connectivity index (χ0) is 19.8. The van der Waals surface area contributed by atoms with Gasteiger partial charge in [0.2, 0.25) is 0 Å².